The lowest BCUT2D eigenvalue weighted by Gasteiger charge is -2.40. The summed E-state index contributed by atoms with van der Waals surface area (Å²) >= 11 is 0. The third kappa shape index (κ3) is 2.60. The number of nitrogens with zero attached hydrogens (tertiary/aromatic N) is 1. The molecule has 3 rings (SSSR count). The second-order valence-electron chi connectivity index (χ2n) is 7.08. The molecule has 2 heterocycles. The molecule has 0 aromatic heterocycles. The van der Waals surface area contributed by atoms with Crippen molar-refractivity contribution in [3.05, 3.63) is 0 Å². The summed E-state index contributed by atoms with van der Waals surface area (Å²) in [7, 11) is 0. The highest BCUT2D eigenvalue weighted by molar-refractivity contribution is 4.95. The molecule has 0 aromatic carbocycles. The Kier molecular flexibility index (Phi) is 3.95. The normalized spacial score (nSPS) is 46.0. The number of nitrogens with one attached hydrogen (secondary N) is 1. The summed E-state index contributed by atoms with van der Waals surface area (Å²) < 4.78 is 0. The minimum atomic E-state index is 0.779. The van der Waals surface area contributed by atoms with Crippen LogP contribution < -0.4 is 5.32 Å². The maximum atomic E-state index is 3.94. The van der Waals surface area contributed by atoms with Gasteiger partial charge in [0.15, 0.2) is 0 Å². The van der Waals surface area contributed by atoms with Gasteiger partial charge in [0.1, 0.15) is 0 Å². The molecule has 0 radical (unpaired) electrons. The number of hydrogen-bond donors (Lipinski definition) is 1. The first kappa shape index (κ1) is 12.9. The zero-order valence-electron chi connectivity index (χ0n) is 12.2. The van der Waals surface area contributed by atoms with Crippen molar-refractivity contribution in [3.8, 4) is 0 Å². The van der Waals surface area contributed by atoms with Crippen LogP contribution in [0.4, 0.5) is 0 Å². The lowest BCUT2D eigenvalue weighted by atomic mass is 9.85. The van der Waals surface area contributed by atoms with Crippen LogP contribution in [0.5, 0.6) is 0 Å². The SMILES string of the molecule is CC1CCCC(C)N1CC1CC2CCCCC2N1. The van der Waals surface area contributed by atoms with E-state index in [9.17, 15) is 0 Å². The largest absolute Gasteiger partial charge is 0.310 e. The van der Waals surface area contributed by atoms with E-state index in [4.69, 9.17) is 0 Å². The molecule has 0 amide bonds. The van der Waals surface area contributed by atoms with Crippen LogP contribution in [-0.2, 0) is 0 Å². The molecule has 0 spiro atoms. The first-order valence-electron chi connectivity index (χ1n) is 8.26. The number of piperidine rings is 1. The molecule has 3 fully saturated rings. The van der Waals surface area contributed by atoms with Crippen molar-refractivity contribution in [2.24, 2.45) is 5.92 Å². The van der Waals surface area contributed by atoms with Crippen LogP contribution in [0.3, 0.4) is 0 Å². The van der Waals surface area contributed by atoms with Gasteiger partial charge in [-0.05, 0) is 51.9 Å². The summed E-state index contributed by atoms with van der Waals surface area (Å²) in [5, 5.41) is 3.94. The summed E-state index contributed by atoms with van der Waals surface area (Å²) in [6.07, 6.45) is 11.5. The number of hydrogen-bond acceptors (Lipinski definition) is 2. The zero-order valence-corrected chi connectivity index (χ0v) is 12.2. The molecular weight excluding hydrogens is 220 g/mol. The van der Waals surface area contributed by atoms with E-state index >= 15 is 0 Å². The van der Waals surface area contributed by atoms with Gasteiger partial charge in [0.25, 0.3) is 0 Å². The van der Waals surface area contributed by atoms with E-state index in [-0.39, 0.29) is 0 Å². The average Bonchev–Trinajstić information content (AvgIpc) is 2.76. The monoisotopic (exact) mass is 250 g/mol. The first-order valence-corrected chi connectivity index (χ1v) is 8.26. The van der Waals surface area contributed by atoms with Crippen molar-refractivity contribution in [2.75, 3.05) is 6.54 Å². The Morgan fingerprint density at radius 1 is 0.944 bits per heavy atom. The summed E-state index contributed by atoms with van der Waals surface area (Å²) in [6.45, 7) is 6.16. The topological polar surface area (TPSA) is 15.3 Å². The van der Waals surface area contributed by atoms with Gasteiger partial charge >= 0.3 is 0 Å². The third-order valence-electron chi connectivity index (χ3n) is 5.75. The molecule has 1 aliphatic carbocycles. The molecule has 2 aliphatic heterocycles. The highest BCUT2D eigenvalue weighted by Crippen LogP contribution is 2.34. The van der Waals surface area contributed by atoms with E-state index in [1.807, 2.05) is 0 Å². The van der Waals surface area contributed by atoms with Crippen molar-refractivity contribution >= 4 is 0 Å². The molecular formula is C16H30N2. The molecule has 5 atom stereocenters. The Morgan fingerprint density at radius 2 is 1.67 bits per heavy atom. The minimum Gasteiger partial charge on any atom is -0.310 e. The van der Waals surface area contributed by atoms with Crippen molar-refractivity contribution in [1.82, 2.24) is 10.2 Å². The third-order valence-corrected chi connectivity index (χ3v) is 5.75. The van der Waals surface area contributed by atoms with Gasteiger partial charge in [0, 0.05) is 30.7 Å². The van der Waals surface area contributed by atoms with Gasteiger partial charge in [-0.25, -0.2) is 0 Å². The predicted molar refractivity (Wildman–Crippen MR) is 76.8 cm³/mol. The molecule has 2 saturated heterocycles. The Balaban J connectivity index is 1.56. The summed E-state index contributed by atoms with van der Waals surface area (Å²) in [4.78, 5) is 2.78. The van der Waals surface area contributed by atoms with Gasteiger partial charge in [-0.15, -0.1) is 0 Å². The zero-order chi connectivity index (χ0) is 12.5. The summed E-state index contributed by atoms with van der Waals surface area (Å²) in [6, 6.07) is 3.25. The first-order chi connectivity index (χ1) is 8.74. The molecule has 2 heteroatoms. The quantitative estimate of drug-likeness (QED) is 0.810. The predicted octanol–water partition coefficient (Wildman–Crippen LogP) is 3.17. The van der Waals surface area contributed by atoms with E-state index in [1.165, 1.54) is 57.9 Å². The highest BCUT2D eigenvalue weighted by Gasteiger charge is 2.37. The van der Waals surface area contributed by atoms with Crippen LogP contribution in [0.15, 0.2) is 0 Å². The number of fused-ring (bicyclic) bond motifs is 1. The Hall–Kier alpha value is -0.0800. The molecule has 0 bridgehead atoms. The van der Waals surface area contributed by atoms with Gasteiger partial charge in [-0.1, -0.05) is 19.3 Å². The van der Waals surface area contributed by atoms with Crippen LogP contribution in [0, 0.1) is 5.92 Å². The smallest absolute Gasteiger partial charge is 0.0201 e. The fraction of sp³-hybridized carbons (Fsp3) is 1.00. The van der Waals surface area contributed by atoms with E-state index in [1.54, 1.807) is 0 Å². The van der Waals surface area contributed by atoms with E-state index in [2.05, 4.69) is 24.1 Å². The van der Waals surface area contributed by atoms with Crippen LogP contribution in [0.2, 0.25) is 0 Å². The Morgan fingerprint density at radius 3 is 2.39 bits per heavy atom. The standard InChI is InChI=1S/C16H30N2/c1-12-6-5-7-13(2)18(12)11-15-10-14-8-3-4-9-16(14)17-15/h12-17H,3-11H2,1-2H3. The van der Waals surface area contributed by atoms with E-state index in [0.717, 1.165) is 30.1 Å². The van der Waals surface area contributed by atoms with Crippen LogP contribution in [-0.4, -0.2) is 35.6 Å². The number of rotatable bonds is 2. The van der Waals surface area contributed by atoms with Crippen molar-refractivity contribution in [1.29, 1.82) is 0 Å². The molecule has 5 unspecified atom stereocenters. The number of likely N-dealkylation sites (tertiary alicyclic amines) is 1. The van der Waals surface area contributed by atoms with E-state index in [0.29, 0.717) is 0 Å². The van der Waals surface area contributed by atoms with Gasteiger partial charge in [-0.3, -0.25) is 4.90 Å². The van der Waals surface area contributed by atoms with Crippen LogP contribution >= 0.6 is 0 Å². The van der Waals surface area contributed by atoms with Gasteiger partial charge < -0.3 is 5.32 Å². The fourth-order valence-corrected chi connectivity index (χ4v) is 4.66. The summed E-state index contributed by atoms with van der Waals surface area (Å²) in [5.74, 6) is 0.999. The molecule has 1 saturated carbocycles. The van der Waals surface area contributed by atoms with Gasteiger partial charge in [0.05, 0.1) is 0 Å². The molecule has 104 valence electrons. The lowest BCUT2D eigenvalue weighted by molar-refractivity contribution is 0.0927. The van der Waals surface area contributed by atoms with E-state index < -0.39 is 0 Å². The lowest BCUT2D eigenvalue weighted by Crippen LogP contribution is -2.49. The molecule has 2 nitrogen and oxygen atoms in total. The van der Waals surface area contributed by atoms with Crippen LogP contribution in [0.1, 0.15) is 65.2 Å². The average molecular weight is 250 g/mol. The highest BCUT2D eigenvalue weighted by atomic mass is 15.2. The van der Waals surface area contributed by atoms with Crippen molar-refractivity contribution in [2.45, 2.75) is 89.4 Å². The second kappa shape index (κ2) is 5.50. The van der Waals surface area contributed by atoms with Gasteiger partial charge in [0.2, 0.25) is 0 Å². The second-order valence-corrected chi connectivity index (χ2v) is 7.08. The fourth-order valence-electron chi connectivity index (χ4n) is 4.66. The molecule has 3 aliphatic rings. The molecule has 1 N–H and O–H groups in total. The van der Waals surface area contributed by atoms with Gasteiger partial charge in [-0.2, -0.15) is 0 Å². The van der Waals surface area contributed by atoms with Crippen LogP contribution in [0.25, 0.3) is 0 Å². The van der Waals surface area contributed by atoms with Crippen molar-refractivity contribution in [3.63, 3.8) is 0 Å². The maximum Gasteiger partial charge on any atom is 0.0201 e. The Labute approximate surface area is 113 Å². The van der Waals surface area contributed by atoms with Crippen molar-refractivity contribution < 1.29 is 0 Å². The Bertz CT molecular complexity index is 254. The summed E-state index contributed by atoms with van der Waals surface area (Å²) in [5.41, 5.74) is 0. The molecule has 18 heavy (non-hydrogen) atoms. The maximum absolute atomic E-state index is 3.94. The minimum absolute atomic E-state index is 0.779. The molecule has 0 aromatic rings.